The number of pyridine rings is 1. The van der Waals surface area contributed by atoms with Gasteiger partial charge in [-0.2, -0.15) is 5.10 Å². The molecule has 150 valence electrons. The fourth-order valence-electron chi connectivity index (χ4n) is 3.17. The zero-order valence-corrected chi connectivity index (χ0v) is 16.4. The van der Waals surface area contributed by atoms with Crippen molar-refractivity contribution >= 4 is 5.91 Å². The molecule has 30 heavy (non-hydrogen) atoms. The average Bonchev–Trinajstić information content (AvgIpc) is 3.24. The molecule has 0 aliphatic carbocycles. The van der Waals surface area contributed by atoms with Crippen LogP contribution in [0.15, 0.2) is 96.2 Å². The molecule has 0 unspecified atom stereocenters. The second-order valence-electron chi connectivity index (χ2n) is 7.08. The standard InChI is InChI=1S/C24H22N4O2/c29-23-8-4-5-13-27(23)16-20-9-11-21(12-10-20)17-28-18-22(15-26-28)24(30)25-14-19-6-2-1-3-7-19/h1-13,15,18H,14,16-17H2,(H,25,30). The SMILES string of the molecule is O=C(NCc1ccccc1)c1cnn(Cc2ccc(Cn3ccccc3=O)cc2)c1. The summed E-state index contributed by atoms with van der Waals surface area (Å²) in [6, 6.07) is 23.0. The Hall–Kier alpha value is -3.93. The van der Waals surface area contributed by atoms with E-state index in [0.29, 0.717) is 25.2 Å². The summed E-state index contributed by atoms with van der Waals surface area (Å²) in [6.07, 6.45) is 5.11. The smallest absolute Gasteiger partial charge is 0.254 e. The summed E-state index contributed by atoms with van der Waals surface area (Å²) in [5.74, 6) is -0.145. The molecule has 0 bridgehead atoms. The Kier molecular flexibility index (Phi) is 5.85. The molecule has 0 aliphatic heterocycles. The minimum absolute atomic E-state index is 0.0174. The molecule has 1 N–H and O–H groups in total. The molecule has 0 saturated heterocycles. The van der Waals surface area contributed by atoms with Gasteiger partial charge in [-0.1, -0.05) is 60.7 Å². The molecule has 2 aromatic heterocycles. The topological polar surface area (TPSA) is 68.9 Å². The number of carbonyl (C=O) groups excluding carboxylic acids is 1. The summed E-state index contributed by atoms with van der Waals surface area (Å²) in [4.78, 5) is 24.2. The maximum absolute atomic E-state index is 12.3. The molecule has 0 saturated carbocycles. The number of hydrogen-bond donors (Lipinski definition) is 1. The Morgan fingerprint density at radius 3 is 2.27 bits per heavy atom. The van der Waals surface area contributed by atoms with Crippen LogP contribution in [0.2, 0.25) is 0 Å². The largest absolute Gasteiger partial charge is 0.348 e. The number of carbonyl (C=O) groups is 1. The zero-order chi connectivity index (χ0) is 20.8. The van der Waals surface area contributed by atoms with Gasteiger partial charge in [-0.15, -0.1) is 0 Å². The molecule has 0 spiro atoms. The summed E-state index contributed by atoms with van der Waals surface area (Å²) in [5.41, 5.74) is 3.69. The minimum atomic E-state index is -0.145. The molecule has 2 heterocycles. The highest BCUT2D eigenvalue weighted by molar-refractivity contribution is 5.93. The molecular weight excluding hydrogens is 376 g/mol. The van der Waals surface area contributed by atoms with Gasteiger partial charge in [0.15, 0.2) is 0 Å². The fraction of sp³-hybridized carbons (Fsp3) is 0.125. The van der Waals surface area contributed by atoms with Gasteiger partial charge < -0.3 is 9.88 Å². The first-order chi connectivity index (χ1) is 14.7. The van der Waals surface area contributed by atoms with Gasteiger partial charge in [-0.05, 0) is 22.8 Å². The summed E-state index contributed by atoms with van der Waals surface area (Å²) < 4.78 is 3.41. The fourth-order valence-corrected chi connectivity index (χ4v) is 3.17. The van der Waals surface area contributed by atoms with Gasteiger partial charge in [-0.25, -0.2) is 0 Å². The van der Waals surface area contributed by atoms with Crippen LogP contribution >= 0.6 is 0 Å². The van der Waals surface area contributed by atoms with Crippen molar-refractivity contribution < 1.29 is 4.79 Å². The van der Waals surface area contributed by atoms with Crippen LogP contribution in [0, 0.1) is 0 Å². The Morgan fingerprint density at radius 1 is 0.833 bits per heavy atom. The van der Waals surface area contributed by atoms with Gasteiger partial charge in [0.2, 0.25) is 0 Å². The van der Waals surface area contributed by atoms with E-state index in [1.807, 2.05) is 60.7 Å². The van der Waals surface area contributed by atoms with Crippen LogP contribution in [-0.4, -0.2) is 20.3 Å². The van der Waals surface area contributed by atoms with E-state index in [2.05, 4.69) is 10.4 Å². The number of nitrogens with one attached hydrogen (secondary N) is 1. The molecule has 6 heteroatoms. The molecule has 0 radical (unpaired) electrons. The lowest BCUT2D eigenvalue weighted by Gasteiger charge is -2.07. The van der Waals surface area contributed by atoms with Crippen molar-refractivity contribution in [3.8, 4) is 0 Å². The maximum Gasteiger partial charge on any atom is 0.254 e. The number of amides is 1. The van der Waals surface area contributed by atoms with Gasteiger partial charge >= 0.3 is 0 Å². The number of rotatable bonds is 7. The average molecular weight is 398 g/mol. The van der Waals surface area contributed by atoms with Crippen LogP contribution in [0.4, 0.5) is 0 Å². The van der Waals surface area contributed by atoms with Crippen LogP contribution < -0.4 is 10.9 Å². The van der Waals surface area contributed by atoms with Crippen molar-refractivity contribution in [2.24, 2.45) is 0 Å². The Bertz CT molecular complexity index is 1180. The van der Waals surface area contributed by atoms with E-state index in [0.717, 1.165) is 16.7 Å². The second-order valence-corrected chi connectivity index (χ2v) is 7.08. The van der Waals surface area contributed by atoms with Crippen molar-refractivity contribution in [3.05, 3.63) is 124 Å². The first-order valence-electron chi connectivity index (χ1n) is 9.75. The van der Waals surface area contributed by atoms with Gasteiger partial charge in [0.1, 0.15) is 0 Å². The zero-order valence-electron chi connectivity index (χ0n) is 16.4. The summed E-state index contributed by atoms with van der Waals surface area (Å²) in [6.45, 7) is 1.59. The highest BCUT2D eigenvalue weighted by Crippen LogP contribution is 2.09. The van der Waals surface area contributed by atoms with Crippen LogP contribution in [0.5, 0.6) is 0 Å². The monoisotopic (exact) mass is 398 g/mol. The summed E-state index contributed by atoms with van der Waals surface area (Å²) in [5, 5.41) is 7.21. The lowest BCUT2D eigenvalue weighted by molar-refractivity contribution is 0.0951. The number of hydrogen-bond acceptors (Lipinski definition) is 3. The first kappa shape index (κ1) is 19.4. The molecule has 0 aliphatic rings. The maximum atomic E-state index is 12.3. The third kappa shape index (κ3) is 4.91. The van der Waals surface area contributed by atoms with Gasteiger partial charge in [-0.3, -0.25) is 14.3 Å². The third-order valence-corrected chi connectivity index (χ3v) is 4.81. The Balaban J connectivity index is 1.34. The molecule has 0 atom stereocenters. The number of nitrogens with zero attached hydrogens (tertiary/aromatic N) is 3. The summed E-state index contributed by atoms with van der Waals surface area (Å²) >= 11 is 0. The van der Waals surface area contributed by atoms with Crippen LogP contribution in [0.3, 0.4) is 0 Å². The van der Waals surface area contributed by atoms with E-state index in [9.17, 15) is 9.59 Å². The minimum Gasteiger partial charge on any atom is -0.348 e. The van der Waals surface area contributed by atoms with Crippen molar-refractivity contribution in [2.75, 3.05) is 0 Å². The molecular formula is C24H22N4O2. The lowest BCUT2D eigenvalue weighted by atomic mass is 10.1. The second kappa shape index (κ2) is 9.05. The molecule has 2 aromatic carbocycles. The van der Waals surface area contributed by atoms with Gasteiger partial charge in [0.05, 0.1) is 24.8 Å². The van der Waals surface area contributed by atoms with E-state index in [4.69, 9.17) is 0 Å². The number of aromatic nitrogens is 3. The quantitative estimate of drug-likeness (QED) is 0.520. The van der Waals surface area contributed by atoms with Crippen molar-refractivity contribution in [2.45, 2.75) is 19.6 Å². The van der Waals surface area contributed by atoms with Crippen molar-refractivity contribution in [1.29, 1.82) is 0 Å². The van der Waals surface area contributed by atoms with Gasteiger partial charge in [0, 0.05) is 25.0 Å². The van der Waals surface area contributed by atoms with E-state index in [-0.39, 0.29) is 11.5 Å². The van der Waals surface area contributed by atoms with Crippen LogP contribution in [0.25, 0.3) is 0 Å². The van der Waals surface area contributed by atoms with Crippen molar-refractivity contribution in [1.82, 2.24) is 19.7 Å². The molecule has 4 rings (SSSR count). The molecule has 1 amide bonds. The van der Waals surface area contributed by atoms with E-state index >= 15 is 0 Å². The Labute approximate surface area is 174 Å². The lowest BCUT2D eigenvalue weighted by Crippen LogP contribution is -2.22. The highest BCUT2D eigenvalue weighted by Gasteiger charge is 2.09. The number of benzene rings is 2. The van der Waals surface area contributed by atoms with E-state index < -0.39 is 0 Å². The summed E-state index contributed by atoms with van der Waals surface area (Å²) in [7, 11) is 0. The van der Waals surface area contributed by atoms with E-state index in [1.54, 1.807) is 40.0 Å². The van der Waals surface area contributed by atoms with Crippen molar-refractivity contribution in [3.63, 3.8) is 0 Å². The van der Waals surface area contributed by atoms with Gasteiger partial charge in [0.25, 0.3) is 11.5 Å². The predicted molar refractivity (Wildman–Crippen MR) is 115 cm³/mol. The predicted octanol–water partition coefficient (Wildman–Crippen LogP) is 3.07. The molecule has 4 aromatic rings. The Morgan fingerprint density at radius 2 is 1.53 bits per heavy atom. The normalized spacial score (nSPS) is 10.7. The van der Waals surface area contributed by atoms with E-state index in [1.165, 1.54) is 0 Å². The van der Waals surface area contributed by atoms with Crippen LogP contribution in [-0.2, 0) is 19.6 Å². The first-order valence-corrected chi connectivity index (χ1v) is 9.75. The third-order valence-electron chi connectivity index (χ3n) is 4.81. The molecule has 6 nitrogen and oxygen atoms in total. The van der Waals surface area contributed by atoms with Crippen LogP contribution in [0.1, 0.15) is 27.0 Å². The molecule has 0 fully saturated rings. The highest BCUT2D eigenvalue weighted by atomic mass is 16.1.